The molecule has 1 atom stereocenters. The van der Waals surface area contributed by atoms with Crippen molar-refractivity contribution in [1.82, 2.24) is 5.32 Å². The normalized spacial score (nSPS) is 11.5. The van der Waals surface area contributed by atoms with Gasteiger partial charge in [-0.2, -0.15) is 0 Å². The lowest BCUT2D eigenvalue weighted by atomic mass is 9.98. The fourth-order valence-electron chi connectivity index (χ4n) is 3.97. The molecular formula is C30H34BrNO4. The molecule has 0 saturated heterocycles. The molecule has 36 heavy (non-hydrogen) atoms. The van der Waals surface area contributed by atoms with Crippen LogP contribution >= 0.6 is 15.9 Å². The van der Waals surface area contributed by atoms with E-state index in [0.29, 0.717) is 17.9 Å². The van der Waals surface area contributed by atoms with Crippen LogP contribution in [0.5, 0.6) is 5.75 Å². The number of amides is 1. The molecule has 3 rings (SSSR count). The number of rotatable bonds is 13. The zero-order chi connectivity index (χ0) is 25.8. The molecule has 0 spiro atoms. The van der Waals surface area contributed by atoms with Crippen LogP contribution in [0, 0.1) is 0 Å². The molecule has 190 valence electrons. The van der Waals surface area contributed by atoms with Crippen LogP contribution in [0.25, 0.3) is 11.1 Å². The van der Waals surface area contributed by atoms with E-state index in [0.717, 1.165) is 34.0 Å². The summed E-state index contributed by atoms with van der Waals surface area (Å²) >= 11 is 3.46. The van der Waals surface area contributed by atoms with Crippen molar-refractivity contribution in [3.05, 3.63) is 88.4 Å². The maximum absolute atomic E-state index is 13.4. The van der Waals surface area contributed by atoms with E-state index in [1.165, 1.54) is 26.4 Å². The van der Waals surface area contributed by atoms with Crippen LogP contribution in [0.2, 0.25) is 0 Å². The monoisotopic (exact) mass is 551 g/mol. The highest BCUT2D eigenvalue weighted by Crippen LogP contribution is 2.27. The summed E-state index contributed by atoms with van der Waals surface area (Å²) in [5.74, 6) is -0.175. The Morgan fingerprint density at radius 3 is 2.28 bits per heavy atom. The van der Waals surface area contributed by atoms with Gasteiger partial charge < -0.3 is 14.8 Å². The number of carbonyl (C=O) groups excluding carboxylic acids is 2. The fourth-order valence-corrected chi connectivity index (χ4v) is 4.33. The summed E-state index contributed by atoms with van der Waals surface area (Å²) in [7, 11) is 1.35. The van der Waals surface area contributed by atoms with Gasteiger partial charge in [-0.1, -0.05) is 103 Å². The predicted octanol–water partition coefficient (Wildman–Crippen LogP) is 7.50. The van der Waals surface area contributed by atoms with Crippen LogP contribution in [0.15, 0.2) is 77.3 Å². The number of methoxy groups -OCH3 is 1. The number of unbranched alkanes of at least 4 members (excludes halogenated alkanes) is 4. The zero-order valence-corrected chi connectivity index (χ0v) is 22.6. The van der Waals surface area contributed by atoms with Gasteiger partial charge in [-0.05, 0) is 41.3 Å². The van der Waals surface area contributed by atoms with Gasteiger partial charge in [-0.15, -0.1) is 0 Å². The topological polar surface area (TPSA) is 64.6 Å². The van der Waals surface area contributed by atoms with E-state index in [-0.39, 0.29) is 12.3 Å². The van der Waals surface area contributed by atoms with Gasteiger partial charge in [-0.25, -0.2) is 0 Å². The number of halogens is 1. The second-order valence-electron chi connectivity index (χ2n) is 8.70. The summed E-state index contributed by atoms with van der Waals surface area (Å²) in [4.78, 5) is 25.5. The van der Waals surface area contributed by atoms with Crippen LogP contribution in [-0.4, -0.2) is 25.6 Å². The van der Waals surface area contributed by atoms with E-state index in [4.69, 9.17) is 9.47 Å². The van der Waals surface area contributed by atoms with Gasteiger partial charge in [0.1, 0.15) is 5.75 Å². The average Bonchev–Trinajstić information content (AvgIpc) is 2.91. The molecule has 3 aromatic carbocycles. The first-order chi connectivity index (χ1) is 17.5. The van der Waals surface area contributed by atoms with Crippen LogP contribution in [0.4, 0.5) is 0 Å². The molecule has 0 aliphatic carbocycles. The van der Waals surface area contributed by atoms with Crippen molar-refractivity contribution in [2.75, 3.05) is 13.7 Å². The Labute approximate surface area is 222 Å². The second-order valence-corrected chi connectivity index (χ2v) is 9.61. The molecule has 0 fully saturated rings. The number of hydrogen-bond acceptors (Lipinski definition) is 4. The number of carbonyl (C=O) groups is 2. The summed E-state index contributed by atoms with van der Waals surface area (Å²) in [6.45, 7) is 2.74. The van der Waals surface area contributed by atoms with Crippen molar-refractivity contribution in [3.8, 4) is 16.9 Å². The Morgan fingerprint density at radius 2 is 1.58 bits per heavy atom. The quantitative estimate of drug-likeness (QED) is 0.176. The van der Waals surface area contributed by atoms with Gasteiger partial charge >= 0.3 is 5.97 Å². The minimum Gasteiger partial charge on any atom is -0.493 e. The number of esters is 1. The van der Waals surface area contributed by atoms with Crippen molar-refractivity contribution in [2.24, 2.45) is 0 Å². The van der Waals surface area contributed by atoms with Crippen molar-refractivity contribution in [2.45, 2.75) is 51.5 Å². The Kier molecular flexibility index (Phi) is 11.0. The first kappa shape index (κ1) is 27.5. The lowest BCUT2D eigenvalue weighted by Crippen LogP contribution is -2.31. The van der Waals surface area contributed by atoms with E-state index in [9.17, 15) is 9.59 Å². The molecule has 5 nitrogen and oxygen atoms in total. The van der Waals surface area contributed by atoms with Crippen LogP contribution in [-0.2, 0) is 9.53 Å². The van der Waals surface area contributed by atoms with Gasteiger partial charge in [-0.3, -0.25) is 9.59 Å². The molecule has 0 aromatic heterocycles. The molecule has 0 heterocycles. The van der Waals surface area contributed by atoms with Gasteiger partial charge in [0, 0.05) is 4.47 Å². The van der Waals surface area contributed by atoms with Crippen LogP contribution < -0.4 is 10.1 Å². The number of benzene rings is 3. The van der Waals surface area contributed by atoms with Gasteiger partial charge in [0.15, 0.2) is 0 Å². The molecule has 1 unspecified atom stereocenters. The zero-order valence-electron chi connectivity index (χ0n) is 21.0. The van der Waals surface area contributed by atoms with Crippen molar-refractivity contribution >= 4 is 27.8 Å². The molecule has 3 aromatic rings. The van der Waals surface area contributed by atoms with Crippen molar-refractivity contribution in [1.29, 1.82) is 0 Å². The summed E-state index contributed by atoms with van der Waals surface area (Å²) < 4.78 is 11.6. The third-order valence-corrected chi connectivity index (χ3v) is 6.51. The average molecular weight is 553 g/mol. The lowest BCUT2D eigenvalue weighted by molar-refractivity contribution is -0.141. The SMILES string of the molecule is CCCCCCCOc1ccc(Br)cc1C(=O)NC(CC(=O)OC)c1ccc(-c2ccccc2)cc1. The Bertz CT molecular complexity index is 1120. The summed E-state index contributed by atoms with van der Waals surface area (Å²) in [6, 6.07) is 22.8. The molecule has 1 amide bonds. The smallest absolute Gasteiger partial charge is 0.307 e. The maximum Gasteiger partial charge on any atom is 0.307 e. The van der Waals surface area contributed by atoms with E-state index in [1.54, 1.807) is 12.1 Å². The van der Waals surface area contributed by atoms with Crippen LogP contribution in [0.3, 0.4) is 0 Å². The minimum absolute atomic E-state index is 0.0224. The molecule has 0 aliphatic rings. The molecule has 0 bridgehead atoms. The van der Waals surface area contributed by atoms with Gasteiger partial charge in [0.25, 0.3) is 5.91 Å². The first-order valence-corrected chi connectivity index (χ1v) is 13.3. The third-order valence-electron chi connectivity index (χ3n) is 6.02. The second kappa shape index (κ2) is 14.4. The standard InChI is InChI=1S/C30H34BrNO4/c1-3-4-5-6-10-19-36-28-18-17-25(31)20-26(28)30(34)32-27(21-29(33)35-2)24-15-13-23(14-16-24)22-11-8-7-9-12-22/h7-9,11-18,20,27H,3-6,10,19,21H2,1-2H3,(H,32,34). The lowest BCUT2D eigenvalue weighted by Gasteiger charge is -2.20. The van der Waals surface area contributed by atoms with Gasteiger partial charge in [0.2, 0.25) is 0 Å². The highest BCUT2D eigenvalue weighted by Gasteiger charge is 2.22. The number of ether oxygens (including phenoxy) is 2. The highest BCUT2D eigenvalue weighted by atomic mass is 79.9. The molecular weight excluding hydrogens is 518 g/mol. The van der Waals surface area contributed by atoms with Crippen molar-refractivity contribution < 1.29 is 19.1 Å². The Hall–Kier alpha value is -3.12. The molecule has 0 saturated carbocycles. The molecule has 0 aliphatic heterocycles. The van der Waals surface area contributed by atoms with Crippen LogP contribution in [0.1, 0.15) is 67.4 Å². The van der Waals surface area contributed by atoms with E-state index < -0.39 is 12.0 Å². The summed E-state index contributed by atoms with van der Waals surface area (Å²) in [6.07, 6.45) is 5.67. The van der Waals surface area contributed by atoms with E-state index >= 15 is 0 Å². The maximum atomic E-state index is 13.4. The fraction of sp³-hybridized carbons (Fsp3) is 0.333. The summed E-state index contributed by atoms with van der Waals surface area (Å²) in [5, 5.41) is 3.02. The number of hydrogen-bond donors (Lipinski definition) is 1. The van der Waals surface area contributed by atoms with E-state index in [1.807, 2.05) is 60.7 Å². The molecule has 0 radical (unpaired) electrons. The highest BCUT2D eigenvalue weighted by molar-refractivity contribution is 9.10. The first-order valence-electron chi connectivity index (χ1n) is 12.5. The largest absolute Gasteiger partial charge is 0.493 e. The van der Waals surface area contributed by atoms with Gasteiger partial charge in [0.05, 0.1) is 31.7 Å². The molecule has 1 N–H and O–H groups in total. The summed E-state index contributed by atoms with van der Waals surface area (Å²) in [5.41, 5.74) is 3.41. The van der Waals surface area contributed by atoms with E-state index in [2.05, 4.69) is 28.2 Å². The predicted molar refractivity (Wildman–Crippen MR) is 147 cm³/mol. The third kappa shape index (κ3) is 8.23. The van der Waals surface area contributed by atoms with Crippen molar-refractivity contribution in [3.63, 3.8) is 0 Å². The Morgan fingerprint density at radius 1 is 0.889 bits per heavy atom. The Balaban J connectivity index is 1.76. The number of nitrogens with one attached hydrogen (secondary N) is 1. The minimum atomic E-state index is -0.546. The molecule has 6 heteroatoms.